The first-order chi connectivity index (χ1) is 19.1. The topological polar surface area (TPSA) is 125 Å². The second kappa shape index (κ2) is 10.8. The van der Waals surface area contributed by atoms with Crippen molar-refractivity contribution in [1.82, 2.24) is 20.6 Å². The molecule has 1 fully saturated rings. The Labute approximate surface area is 231 Å². The van der Waals surface area contributed by atoms with E-state index in [1.54, 1.807) is 11.4 Å². The summed E-state index contributed by atoms with van der Waals surface area (Å²) in [4.78, 5) is 17.7. The fourth-order valence-corrected chi connectivity index (χ4v) is 6.36. The van der Waals surface area contributed by atoms with Crippen molar-refractivity contribution in [1.29, 1.82) is 5.26 Å². The minimum Gasteiger partial charge on any atom is -0.327 e. The number of urea groups is 1. The molecular weight excluding hydrogens is 576 g/mol. The third-order valence-electron chi connectivity index (χ3n) is 7.13. The van der Waals surface area contributed by atoms with Crippen LogP contribution in [-0.4, -0.2) is 41.0 Å². The summed E-state index contributed by atoms with van der Waals surface area (Å²) in [5.41, 5.74) is -9.27. The zero-order valence-corrected chi connectivity index (χ0v) is 22.0. The van der Waals surface area contributed by atoms with Crippen molar-refractivity contribution < 1.29 is 39.6 Å². The number of nitrogens with one attached hydrogen (secondary N) is 2. The number of halogens is 6. The van der Waals surface area contributed by atoms with Crippen LogP contribution in [0.4, 0.5) is 31.1 Å². The quantitative estimate of drug-likeness (QED) is 0.443. The zero-order chi connectivity index (χ0) is 30.1. The normalized spacial score (nSPS) is 21.2. The second-order valence-electron chi connectivity index (χ2n) is 9.70. The summed E-state index contributed by atoms with van der Waals surface area (Å²) in [6.07, 6.45) is -2.37. The Morgan fingerprint density at radius 3 is 2.22 bits per heavy atom. The Kier molecular flexibility index (Phi) is 7.92. The van der Waals surface area contributed by atoms with Crippen LogP contribution in [-0.2, 0) is 15.4 Å². The molecule has 1 saturated carbocycles. The van der Waals surface area contributed by atoms with Gasteiger partial charge < -0.3 is 10.6 Å². The number of carbonyl (C=O) groups excluding carboxylic acids is 1. The van der Waals surface area contributed by atoms with Gasteiger partial charge in [-0.1, -0.05) is 55.7 Å². The molecule has 1 aromatic heterocycles. The standard InChI is InChI=1S/C26H23F6N5O3S/c27-25(28,29)19-15-24(41(39,40)26(30,31)32,13-9-18(19)17-7-3-1-4-8-17)37-22(38)36-23(11-5-2-6-12-23)20-10-14-34-21(16-33)35-20/h1,3-4,7-10,13-14H,2,5-6,11-12,15H2,(H2,36,37,38). The Hall–Kier alpha value is -3.93. The van der Waals surface area contributed by atoms with Gasteiger partial charge in [0.1, 0.15) is 6.07 Å². The number of hydrogen-bond acceptors (Lipinski definition) is 6. The number of allylic oxidation sites excluding steroid dienone is 2. The Bertz CT molecular complexity index is 1530. The highest BCUT2D eigenvalue weighted by molar-refractivity contribution is 7.93. The average Bonchev–Trinajstić information content (AvgIpc) is 2.92. The molecule has 1 aromatic carbocycles. The van der Waals surface area contributed by atoms with E-state index in [2.05, 4.69) is 15.3 Å². The lowest BCUT2D eigenvalue weighted by atomic mass is 9.79. The molecule has 2 N–H and O–H groups in total. The molecule has 2 aliphatic carbocycles. The van der Waals surface area contributed by atoms with Crippen molar-refractivity contribution >= 4 is 21.4 Å². The van der Waals surface area contributed by atoms with E-state index in [1.165, 1.54) is 42.6 Å². The van der Waals surface area contributed by atoms with E-state index < -0.39 is 55.5 Å². The van der Waals surface area contributed by atoms with E-state index in [9.17, 15) is 44.8 Å². The maximum atomic E-state index is 14.2. The van der Waals surface area contributed by atoms with Gasteiger partial charge in [-0.3, -0.25) is 0 Å². The number of benzene rings is 1. The molecule has 8 nitrogen and oxygen atoms in total. The predicted octanol–water partition coefficient (Wildman–Crippen LogP) is 5.41. The summed E-state index contributed by atoms with van der Waals surface area (Å²) in [6, 6.07) is 8.62. The Balaban J connectivity index is 1.78. The molecule has 1 heterocycles. The predicted molar refractivity (Wildman–Crippen MR) is 134 cm³/mol. The van der Waals surface area contributed by atoms with E-state index in [0.29, 0.717) is 25.0 Å². The van der Waals surface area contributed by atoms with Crippen LogP contribution in [0, 0.1) is 11.3 Å². The molecule has 2 amide bonds. The van der Waals surface area contributed by atoms with Crippen molar-refractivity contribution in [2.24, 2.45) is 0 Å². The molecule has 0 aliphatic heterocycles. The van der Waals surface area contributed by atoms with Crippen LogP contribution in [0.3, 0.4) is 0 Å². The first-order valence-corrected chi connectivity index (χ1v) is 13.8. The minimum atomic E-state index is -6.45. The van der Waals surface area contributed by atoms with Crippen LogP contribution in [0.25, 0.3) is 5.57 Å². The molecule has 1 unspecified atom stereocenters. The van der Waals surface area contributed by atoms with Crippen molar-refractivity contribution in [3.05, 3.63) is 77.4 Å². The van der Waals surface area contributed by atoms with Crippen LogP contribution < -0.4 is 10.6 Å². The van der Waals surface area contributed by atoms with Crippen LogP contribution in [0.5, 0.6) is 0 Å². The summed E-state index contributed by atoms with van der Waals surface area (Å²) in [5, 5.41) is 13.4. The number of rotatable bonds is 5. The summed E-state index contributed by atoms with van der Waals surface area (Å²) in [7, 11) is -6.45. The molecule has 15 heteroatoms. The van der Waals surface area contributed by atoms with Crippen molar-refractivity contribution in [2.75, 3.05) is 0 Å². The lowest BCUT2D eigenvalue weighted by Crippen LogP contribution is -2.62. The summed E-state index contributed by atoms with van der Waals surface area (Å²) in [5.74, 6) is -0.241. The monoisotopic (exact) mass is 599 g/mol. The number of carbonyl (C=O) groups is 1. The number of nitrogens with zero attached hydrogens (tertiary/aromatic N) is 3. The third-order valence-corrected chi connectivity index (χ3v) is 9.08. The number of aromatic nitrogens is 2. The van der Waals surface area contributed by atoms with E-state index in [-0.39, 0.29) is 29.9 Å². The Morgan fingerprint density at radius 1 is 0.976 bits per heavy atom. The Morgan fingerprint density at radius 2 is 1.63 bits per heavy atom. The largest absolute Gasteiger partial charge is 0.500 e. The average molecular weight is 600 g/mol. The zero-order valence-electron chi connectivity index (χ0n) is 21.2. The van der Waals surface area contributed by atoms with Gasteiger partial charge >= 0.3 is 17.7 Å². The van der Waals surface area contributed by atoms with Gasteiger partial charge in [-0.15, -0.1) is 0 Å². The number of alkyl halides is 6. The van der Waals surface area contributed by atoms with Gasteiger partial charge in [-0.25, -0.2) is 23.2 Å². The lowest BCUT2D eigenvalue weighted by molar-refractivity contribution is -0.0947. The fraction of sp³-hybridized carbons (Fsp3) is 0.385. The fourth-order valence-electron chi connectivity index (χ4n) is 5.14. The lowest BCUT2D eigenvalue weighted by Gasteiger charge is -2.40. The van der Waals surface area contributed by atoms with Crippen molar-refractivity contribution in [2.45, 2.75) is 60.6 Å². The van der Waals surface area contributed by atoms with Crippen LogP contribution in [0.15, 0.2) is 60.3 Å². The van der Waals surface area contributed by atoms with Crippen LogP contribution in [0.2, 0.25) is 0 Å². The van der Waals surface area contributed by atoms with Gasteiger partial charge in [-0.2, -0.15) is 31.6 Å². The van der Waals surface area contributed by atoms with Crippen molar-refractivity contribution in [3.8, 4) is 6.07 Å². The molecular formula is C26H23F6N5O3S. The molecule has 41 heavy (non-hydrogen) atoms. The van der Waals surface area contributed by atoms with Gasteiger partial charge in [0.25, 0.3) is 9.84 Å². The molecule has 1 atom stereocenters. The number of nitriles is 1. The number of amides is 2. The van der Waals surface area contributed by atoms with E-state index in [1.807, 2.05) is 0 Å². The highest BCUT2D eigenvalue weighted by atomic mass is 32.2. The molecule has 2 aliphatic rings. The first-order valence-electron chi connectivity index (χ1n) is 12.3. The molecule has 2 aromatic rings. The van der Waals surface area contributed by atoms with Crippen molar-refractivity contribution in [3.63, 3.8) is 0 Å². The van der Waals surface area contributed by atoms with Gasteiger partial charge in [0.2, 0.25) is 5.82 Å². The van der Waals surface area contributed by atoms with Gasteiger partial charge in [0.05, 0.1) is 11.2 Å². The summed E-state index contributed by atoms with van der Waals surface area (Å²) >= 11 is 0. The molecule has 0 radical (unpaired) electrons. The number of hydrogen-bond donors (Lipinski definition) is 2. The molecule has 218 valence electrons. The highest BCUT2D eigenvalue weighted by Crippen LogP contribution is 2.47. The molecule has 0 saturated heterocycles. The molecule has 4 rings (SSSR count). The third kappa shape index (κ3) is 5.79. The SMILES string of the molecule is N#Cc1nccc(C2(NC(=O)NC3(S(=O)(=O)C(F)(F)F)C=CC(c4ccccc4)=C(C(F)(F)F)C3)CCCCC2)n1. The van der Waals surface area contributed by atoms with E-state index >= 15 is 0 Å². The van der Waals surface area contributed by atoms with Crippen LogP contribution in [0.1, 0.15) is 55.6 Å². The minimum absolute atomic E-state index is 0.00301. The maximum absolute atomic E-state index is 14.2. The number of sulfone groups is 1. The molecule has 0 spiro atoms. The smallest absolute Gasteiger partial charge is 0.327 e. The summed E-state index contributed by atoms with van der Waals surface area (Å²) < 4.78 is 110. The first kappa shape index (κ1) is 30.0. The van der Waals surface area contributed by atoms with E-state index in [4.69, 9.17) is 0 Å². The van der Waals surface area contributed by atoms with Gasteiger partial charge in [-0.05, 0) is 36.1 Å². The second-order valence-corrected chi connectivity index (χ2v) is 11.9. The summed E-state index contributed by atoms with van der Waals surface area (Å²) in [6.45, 7) is 0. The molecule has 0 bridgehead atoms. The maximum Gasteiger partial charge on any atom is 0.500 e. The highest BCUT2D eigenvalue weighted by Gasteiger charge is 2.62. The van der Waals surface area contributed by atoms with Gasteiger partial charge in [0, 0.05) is 18.2 Å². The van der Waals surface area contributed by atoms with Gasteiger partial charge in [0.15, 0.2) is 4.87 Å². The van der Waals surface area contributed by atoms with E-state index in [0.717, 1.165) is 6.42 Å². The van der Waals surface area contributed by atoms with Crippen LogP contribution >= 0.6 is 0 Å².